The summed E-state index contributed by atoms with van der Waals surface area (Å²) >= 11 is 0. The van der Waals surface area contributed by atoms with Crippen molar-refractivity contribution in [3.63, 3.8) is 0 Å². The van der Waals surface area contributed by atoms with Crippen LogP contribution in [0.25, 0.3) is 0 Å². The Morgan fingerprint density at radius 1 is 1.40 bits per heavy atom. The first kappa shape index (κ1) is 13.9. The van der Waals surface area contributed by atoms with Gasteiger partial charge in [0.15, 0.2) is 0 Å². The van der Waals surface area contributed by atoms with Crippen LogP contribution in [0.3, 0.4) is 0 Å². The second-order valence-electron chi connectivity index (χ2n) is 3.43. The van der Waals surface area contributed by atoms with Gasteiger partial charge >= 0.3 is 5.97 Å². The van der Waals surface area contributed by atoms with Crippen LogP contribution >= 0.6 is 0 Å². The molecule has 0 aliphatic carbocycles. The van der Waals surface area contributed by atoms with Crippen LogP contribution in [0.2, 0.25) is 0 Å². The fourth-order valence-corrected chi connectivity index (χ4v) is 1.00. The molecule has 0 aromatic carbocycles. The standard InChI is InChI=1S/C10H20N2O3/c1-4-7(3)9(11)10(14)12-6-8(13)15-5-2/h7,9H,4-6,11H2,1-3H3,(H,12,14)/t7?,9-/m0/s1. The van der Waals surface area contributed by atoms with Crippen molar-refractivity contribution in [2.75, 3.05) is 13.2 Å². The zero-order valence-electron chi connectivity index (χ0n) is 9.58. The minimum absolute atomic E-state index is 0.104. The van der Waals surface area contributed by atoms with E-state index in [0.29, 0.717) is 6.61 Å². The second kappa shape index (κ2) is 7.23. The van der Waals surface area contributed by atoms with Gasteiger partial charge in [-0.3, -0.25) is 9.59 Å². The number of ether oxygens (including phenoxy) is 1. The summed E-state index contributed by atoms with van der Waals surface area (Å²) in [7, 11) is 0. The molecule has 2 atom stereocenters. The van der Waals surface area contributed by atoms with Crippen LogP contribution in [0.4, 0.5) is 0 Å². The van der Waals surface area contributed by atoms with Gasteiger partial charge in [0, 0.05) is 0 Å². The van der Waals surface area contributed by atoms with E-state index in [9.17, 15) is 9.59 Å². The van der Waals surface area contributed by atoms with Crippen LogP contribution in [0.5, 0.6) is 0 Å². The van der Waals surface area contributed by atoms with Gasteiger partial charge in [0.1, 0.15) is 6.54 Å². The number of carbonyl (C=O) groups is 2. The minimum atomic E-state index is -0.565. The third-order valence-corrected chi connectivity index (χ3v) is 2.27. The molecule has 0 fully saturated rings. The molecule has 0 rings (SSSR count). The van der Waals surface area contributed by atoms with Crippen molar-refractivity contribution in [1.29, 1.82) is 0 Å². The quantitative estimate of drug-likeness (QED) is 0.614. The molecule has 0 aromatic heterocycles. The maximum Gasteiger partial charge on any atom is 0.325 e. The molecule has 1 unspecified atom stereocenters. The number of amides is 1. The van der Waals surface area contributed by atoms with Crippen LogP contribution in [0, 0.1) is 5.92 Å². The smallest absolute Gasteiger partial charge is 0.325 e. The maximum atomic E-state index is 11.4. The molecule has 0 radical (unpaired) electrons. The van der Waals surface area contributed by atoms with Gasteiger partial charge in [-0.25, -0.2) is 0 Å². The van der Waals surface area contributed by atoms with Crippen LogP contribution in [-0.4, -0.2) is 31.1 Å². The van der Waals surface area contributed by atoms with E-state index in [-0.39, 0.29) is 18.4 Å². The molecular formula is C10H20N2O3. The molecule has 0 saturated heterocycles. The maximum absolute atomic E-state index is 11.4. The molecule has 88 valence electrons. The summed E-state index contributed by atoms with van der Waals surface area (Å²) in [5, 5.41) is 2.44. The fourth-order valence-electron chi connectivity index (χ4n) is 1.00. The molecule has 0 heterocycles. The van der Waals surface area contributed by atoms with E-state index < -0.39 is 12.0 Å². The summed E-state index contributed by atoms with van der Waals surface area (Å²) < 4.78 is 4.66. The Kier molecular flexibility index (Phi) is 6.70. The fraction of sp³-hybridized carbons (Fsp3) is 0.800. The van der Waals surface area contributed by atoms with Gasteiger partial charge in [0.2, 0.25) is 5.91 Å². The highest BCUT2D eigenvalue weighted by atomic mass is 16.5. The van der Waals surface area contributed by atoms with Crippen LogP contribution in [0.15, 0.2) is 0 Å². The van der Waals surface area contributed by atoms with Gasteiger partial charge in [0.25, 0.3) is 0 Å². The first-order valence-corrected chi connectivity index (χ1v) is 5.21. The number of rotatable bonds is 6. The highest BCUT2D eigenvalue weighted by Gasteiger charge is 2.19. The van der Waals surface area contributed by atoms with Crippen LogP contribution in [-0.2, 0) is 14.3 Å². The highest BCUT2D eigenvalue weighted by molar-refractivity contribution is 5.85. The van der Waals surface area contributed by atoms with Crippen molar-refractivity contribution >= 4 is 11.9 Å². The normalized spacial score (nSPS) is 14.1. The summed E-state index contributed by atoms with van der Waals surface area (Å²) in [5.74, 6) is -0.646. The Balaban J connectivity index is 3.88. The molecule has 15 heavy (non-hydrogen) atoms. The summed E-state index contributed by atoms with van der Waals surface area (Å²) in [5.41, 5.74) is 5.67. The molecule has 1 amide bonds. The average Bonchev–Trinajstić information content (AvgIpc) is 2.24. The molecule has 0 aliphatic heterocycles. The zero-order valence-corrected chi connectivity index (χ0v) is 9.58. The topological polar surface area (TPSA) is 81.4 Å². The lowest BCUT2D eigenvalue weighted by atomic mass is 9.99. The third kappa shape index (κ3) is 5.37. The Bertz CT molecular complexity index is 219. The molecule has 5 heteroatoms. The Labute approximate surface area is 90.4 Å². The van der Waals surface area contributed by atoms with E-state index in [1.54, 1.807) is 6.92 Å². The van der Waals surface area contributed by atoms with E-state index >= 15 is 0 Å². The van der Waals surface area contributed by atoms with E-state index in [0.717, 1.165) is 6.42 Å². The van der Waals surface area contributed by atoms with Crippen LogP contribution < -0.4 is 11.1 Å². The number of nitrogens with one attached hydrogen (secondary N) is 1. The first-order valence-electron chi connectivity index (χ1n) is 5.21. The van der Waals surface area contributed by atoms with E-state index in [1.807, 2.05) is 13.8 Å². The highest BCUT2D eigenvalue weighted by Crippen LogP contribution is 2.04. The van der Waals surface area contributed by atoms with Crippen molar-refractivity contribution in [2.45, 2.75) is 33.2 Å². The molecule has 0 saturated carbocycles. The van der Waals surface area contributed by atoms with Crippen molar-refractivity contribution in [3.05, 3.63) is 0 Å². The number of carbonyl (C=O) groups excluding carboxylic acids is 2. The van der Waals surface area contributed by atoms with Gasteiger partial charge < -0.3 is 15.8 Å². The molecule has 3 N–H and O–H groups in total. The van der Waals surface area contributed by atoms with Crippen molar-refractivity contribution in [1.82, 2.24) is 5.32 Å². The largest absolute Gasteiger partial charge is 0.465 e. The number of esters is 1. The summed E-state index contributed by atoms with van der Waals surface area (Å²) in [4.78, 5) is 22.3. The molecule has 0 bridgehead atoms. The third-order valence-electron chi connectivity index (χ3n) is 2.27. The van der Waals surface area contributed by atoms with Gasteiger partial charge in [-0.05, 0) is 12.8 Å². The van der Waals surface area contributed by atoms with Gasteiger partial charge in [0.05, 0.1) is 12.6 Å². The van der Waals surface area contributed by atoms with Crippen molar-refractivity contribution < 1.29 is 14.3 Å². The molecule has 0 spiro atoms. The SMILES string of the molecule is CCOC(=O)CNC(=O)[C@@H](N)C(C)CC. The van der Waals surface area contributed by atoms with Crippen LogP contribution in [0.1, 0.15) is 27.2 Å². The van der Waals surface area contributed by atoms with Gasteiger partial charge in [-0.2, -0.15) is 0 Å². The van der Waals surface area contributed by atoms with E-state index in [1.165, 1.54) is 0 Å². The van der Waals surface area contributed by atoms with E-state index in [2.05, 4.69) is 10.1 Å². The lowest BCUT2D eigenvalue weighted by Gasteiger charge is -2.17. The zero-order chi connectivity index (χ0) is 11.8. The van der Waals surface area contributed by atoms with E-state index in [4.69, 9.17) is 5.73 Å². The molecular weight excluding hydrogens is 196 g/mol. The first-order chi connectivity index (χ1) is 7.02. The average molecular weight is 216 g/mol. The summed E-state index contributed by atoms with van der Waals surface area (Å²) in [6, 6.07) is -0.565. The summed E-state index contributed by atoms with van der Waals surface area (Å²) in [6.45, 7) is 5.77. The second-order valence-corrected chi connectivity index (χ2v) is 3.43. The number of nitrogens with two attached hydrogens (primary N) is 1. The Morgan fingerprint density at radius 2 is 2.00 bits per heavy atom. The summed E-state index contributed by atoms with van der Waals surface area (Å²) in [6.07, 6.45) is 0.827. The van der Waals surface area contributed by atoms with Crippen molar-refractivity contribution in [3.8, 4) is 0 Å². The Morgan fingerprint density at radius 3 is 2.47 bits per heavy atom. The minimum Gasteiger partial charge on any atom is -0.465 e. The molecule has 0 aromatic rings. The Hall–Kier alpha value is -1.10. The van der Waals surface area contributed by atoms with Gasteiger partial charge in [-0.15, -0.1) is 0 Å². The predicted octanol–water partition coefficient (Wildman–Crippen LogP) is 0.0391. The van der Waals surface area contributed by atoms with Crippen molar-refractivity contribution in [2.24, 2.45) is 11.7 Å². The van der Waals surface area contributed by atoms with Gasteiger partial charge in [-0.1, -0.05) is 20.3 Å². The number of hydrogen-bond acceptors (Lipinski definition) is 4. The lowest BCUT2D eigenvalue weighted by Crippen LogP contribution is -2.46. The number of hydrogen-bond donors (Lipinski definition) is 2. The molecule has 0 aliphatic rings. The lowest BCUT2D eigenvalue weighted by molar-refractivity contribution is -0.143. The molecule has 5 nitrogen and oxygen atoms in total. The predicted molar refractivity (Wildman–Crippen MR) is 57.1 cm³/mol. The monoisotopic (exact) mass is 216 g/mol.